The Labute approximate surface area is 142 Å². The second-order valence-electron chi connectivity index (χ2n) is 7.07. The standard InChI is InChI=1S/C19H25FN2O2/c1-13-11-15(8-9-21-13)19(24)22-10-2-3-16(12-22)18(23)14-4-6-17(20)7-5-14/h4-7,13,15-16,21H,2-3,8-12H2,1H3/t13-,15-,16?/m0/s1. The van der Waals surface area contributed by atoms with Crippen LogP contribution in [0.25, 0.3) is 0 Å². The van der Waals surface area contributed by atoms with Crippen molar-refractivity contribution in [3.05, 3.63) is 35.6 Å². The van der Waals surface area contributed by atoms with Gasteiger partial charge in [-0.05, 0) is 63.4 Å². The van der Waals surface area contributed by atoms with E-state index in [0.717, 1.165) is 38.8 Å². The number of carbonyl (C=O) groups is 2. The van der Waals surface area contributed by atoms with Gasteiger partial charge in [0.25, 0.3) is 0 Å². The summed E-state index contributed by atoms with van der Waals surface area (Å²) in [7, 11) is 0. The molecule has 24 heavy (non-hydrogen) atoms. The van der Waals surface area contributed by atoms with Crippen molar-refractivity contribution in [2.24, 2.45) is 11.8 Å². The smallest absolute Gasteiger partial charge is 0.225 e. The van der Waals surface area contributed by atoms with E-state index in [1.807, 2.05) is 4.90 Å². The molecule has 4 nitrogen and oxygen atoms in total. The number of carbonyl (C=O) groups excluding carboxylic acids is 2. The van der Waals surface area contributed by atoms with Crippen molar-refractivity contribution < 1.29 is 14.0 Å². The number of nitrogens with one attached hydrogen (secondary N) is 1. The summed E-state index contributed by atoms with van der Waals surface area (Å²) < 4.78 is 13.0. The molecule has 130 valence electrons. The number of ketones is 1. The number of halogens is 1. The molecule has 2 fully saturated rings. The molecule has 2 aliphatic heterocycles. The van der Waals surface area contributed by atoms with Gasteiger partial charge in [-0.3, -0.25) is 9.59 Å². The molecule has 0 aliphatic carbocycles. The molecule has 2 aliphatic rings. The fraction of sp³-hybridized carbons (Fsp3) is 0.579. The summed E-state index contributed by atoms with van der Waals surface area (Å²) in [5.74, 6) is -0.230. The second-order valence-corrected chi connectivity index (χ2v) is 7.07. The number of nitrogens with zero attached hydrogens (tertiary/aromatic N) is 1. The summed E-state index contributed by atoms with van der Waals surface area (Å²) in [4.78, 5) is 27.3. The van der Waals surface area contributed by atoms with E-state index in [1.54, 1.807) is 0 Å². The zero-order chi connectivity index (χ0) is 17.1. The summed E-state index contributed by atoms with van der Waals surface area (Å²) in [5.41, 5.74) is 0.534. The van der Waals surface area contributed by atoms with Crippen molar-refractivity contribution in [2.75, 3.05) is 19.6 Å². The van der Waals surface area contributed by atoms with Crippen molar-refractivity contribution in [2.45, 2.75) is 38.6 Å². The molecule has 1 aromatic rings. The van der Waals surface area contributed by atoms with E-state index in [-0.39, 0.29) is 29.3 Å². The van der Waals surface area contributed by atoms with E-state index >= 15 is 0 Å². The van der Waals surface area contributed by atoms with Crippen LogP contribution in [0.4, 0.5) is 4.39 Å². The fourth-order valence-electron chi connectivity index (χ4n) is 3.86. The maximum Gasteiger partial charge on any atom is 0.225 e. The first-order chi connectivity index (χ1) is 11.5. The van der Waals surface area contributed by atoms with E-state index in [2.05, 4.69) is 12.2 Å². The van der Waals surface area contributed by atoms with Gasteiger partial charge < -0.3 is 10.2 Å². The lowest BCUT2D eigenvalue weighted by molar-refractivity contribution is -0.138. The molecule has 5 heteroatoms. The van der Waals surface area contributed by atoms with Crippen molar-refractivity contribution in [3.63, 3.8) is 0 Å². The molecule has 0 saturated carbocycles. The van der Waals surface area contributed by atoms with Gasteiger partial charge in [0.1, 0.15) is 5.82 Å². The summed E-state index contributed by atoms with van der Waals surface area (Å²) in [6, 6.07) is 6.07. The lowest BCUT2D eigenvalue weighted by atomic mass is 9.87. The van der Waals surface area contributed by atoms with Crippen molar-refractivity contribution >= 4 is 11.7 Å². The third-order valence-corrected chi connectivity index (χ3v) is 5.21. The van der Waals surface area contributed by atoms with Crippen LogP contribution in [0.15, 0.2) is 24.3 Å². The summed E-state index contributed by atoms with van der Waals surface area (Å²) in [6.45, 7) is 4.22. The van der Waals surface area contributed by atoms with Crippen LogP contribution >= 0.6 is 0 Å². The molecule has 0 radical (unpaired) electrons. The highest BCUT2D eigenvalue weighted by molar-refractivity contribution is 5.98. The molecular formula is C19H25FN2O2. The lowest BCUT2D eigenvalue weighted by Crippen LogP contribution is -2.48. The number of rotatable bonds is 3. The molecule has 0 bridgehead atoms. The highest BCUT2D eigenvalue weighted by Gasteiger charge is 2.33. The molecule has 1 unspecified atom stereocenters. The first-order valence-corrected chi connectivity index (χ1v) is 8.86. The Morgan fingerprint density at radius 3 is 2.62 bits per heavy atom. The maximum atomic E-state index is 13.0. The highest BCUT2D eigenvalue weighted by atomic mass is 19.1. The Hall–Kier alpha value is -1.75. The highest BCUT2D eigenvalue weighted by Crippen LogP contribution is 2.25. The SMILES string of the molecule is C[C@H]1C[C@@H](C(=O)N2CCCC(C(=O)c3ccc(F)cc3)C2)CCN1. The summed E-state index contributed by atoms with van der Waals surface area (Å²) in [6.07, 6.45) is 3.38. The van der Waals surface area contributed by atoms with E-state index in [4.69, 9.17) is 0 Å². The van der Waals surface area contributed by atoms with Crippen molar-refractivity contribution in [1.82, 2.24) is 10.2 Å². The van der Waals surface area contributed by atoms with Gasteiger partial charge in [0.05, 0.1) is 0 Å². The van der Waals surface area contributed by atoms with E-state index in [1.165, 1.54) is 24.3 Å². The number of hydrogen-bond donors (Lipinski definition) is 1. The quantitative estimate of drug-likeness (QED) is 0.866. The third-order valence-electron chi connectivity index (χ3n) is 5.21. The van der Waals surface area contributed by atoms with Gasteiger partial charge in [0.2, 0.25) is 5.91 Å². The van der Waals surface area contributed by atoms with Crippen LogP contribution in [0.2, 0.25) is 0 Å². The number of hydrogen-bond acceptors (Lipinski definition) is 3. The average molecular weight is 332 g/mol. The van der Waals surface area contributed by atoms with Crippen molar-refractivity contribution in [3.8, 4) is 0 Å². The Bertz CT molecular complexity index is 602. The summed E-state index contributed by atoms with van der Waals surface area (Å²) >= 11 is 0. The van der Waals surface area contributed by atoms with Crippen LogP contribution < -0.4 is 5.32 Å². The number of piperidine rings is 2. The monoisotopic (exact) mass is 332 g/mol. The number of amides is 1. The minimum Gasteiger partial charge on any atom is -0.342 e. The van der Waals surface area contributed by atoms with E-state index in [9.17, 15) is 14.0 Å². The van der Waals surface area contributed by atoms with Gasteiger partial charge >= 0.3 is 0 Å². The largest absolute Gasteiger partial charge is 0.342 e. The predicted octanol–water partition coefficient (Wildman–Crippen LogP) is 2.64. The molecule has 2 heterocycles. The van der Waals surface area contributed by atoms with Crippen LogP contribution in [0.3, 0.4) is 0 Å². The van der Waals surface area contributed by atoms with Gasteiger partial charge in [0, 0.05) is 36.5 Å². The maximum absolute atomic E-state index is 13.0. The minimum absolute atomic E-state index is 0.0196. The minimum atomic E-state index is -0.341. The second kappa shape index (κ2) is 7.43. The molecule has 0 aromatic heterocycles. The van der Waals surface area contributed by atoms with Gasteiger partial charge in [0.15, 0.2) is 5.78 Å². The Kier molecular flexibility index (Phi) is 5.29. The number of Topliss-reactive ketones (excluding diaryl/α,β-unsaturated/α-hetero) is 1. The first kappa shape index (κ1) is 17.1. The summed E-state index contributed by atoms with van der Waals surface area (Å²) in [5, 5.41) is 3.37. The molecule has 1 N–H and O–H groups in total. The van der Waals surface area contributed by atoms with Crippen molar-refractivity contribution in [1.29, 1.82) is 0 Å². The number of benzene rings is 1. The molecular weight excluding hydrogens is 307 g/mol. The Balaban J connectivity index is 1.64. The normalized spacial score (nSPS) is 27.8. The van der Waals surface area contributed by atoms with Crippen LogP contribution in [0.5, 0.6) is 0 Å². The van der Waals surface area contributed by atoms with E-state index in [0.29, 0.717) is 18.2 Å². The molecule has 1 amide bonds. The van der Waals surface area contributed by atoms with Crippen LogP contribution in [-0.4, -0.2) is 42.3 Å². The van der Waals surface area contributed by atoms with Crippen LogP contribution in [0, 0.1) is 17.7 Å². The fourth-order valence-corrected chi connectivity index (χ4v) is 3.86. The number of likely N-dealkylation sites (tertiary alicyclic amines) is 1. The zero-order valence-electron chi connectivity index (χ0n) is 14.1. The van der Waals surface area contributed by atoms with Gasteiger partial charge in [-0.2, -0.15) is 0 Å². The van der Waals surface area contributed by atoms with E-state index < -0.39 is 0 Å². The lowest BCUT2D eigenvalue weighted by Gasteiger charge is -2.36. The third kappa shape index (κ3) is 3.83. The van der Waals surface area contributed by atoms with Gasteiger partial charge in [-0.15, -0.1) is 0 Å². The zero-order valence-corrected chi connectivity index (χ0v) is 14.1. The Morgan fingerprint density at radius 1 is 1.17 bits per heavy atom. The first-order valence-electron chi connectivity index (χ1n) is 8.86. The molecule has 3 atom stereocenters. The van der Waals surface area contributed by atoms with Crippen LogP contribution in [0.1, 0.15) is 43.0 Å². The van der Waals surface area contributed by atoms with Crippen LogP contribution in [-0.2, 0) is 4.79 Å². The molecule has 0 spiro atoms. The van der Waals surface area contributed by atoms with Gasteiger partial charge in [-0.25, -0.2) is 4.39 Å². The molecule has 3 rings (SSSR count). The molecule has 2 saturated heterocycles. The Morgan fingerprint density at radius 2 is 1.92 bits per heavy atom. The van der Waals surface area contributed by atoms with Gasteiger partial charge in [-0.1, -0.05) is 0 Å². The average Bonchev–Trinajstić information content (AvgIpc) is 2.61. The molecule has 1 aromatic carbocycles. The predicted molar refractivity (Wildman–Crippen MR) is 90.2 cm³/mol. The topological polar surface area (TPSA) is 49.4 Å².